The van der Waals surface area contributed by atoms with Crippen molar-refractivity contribution in [3.8, 4) is 5.75 Å². The summed E-state index contributed by atoms with van der Waals surface area (Å²) >= 11 is 0. The van der Waals surface area contributed by atoms with Crippen molar-refractivity contribution < 1.29 is 46.1 Å². The number of rotatable bonds is 13. The van der Waals surface area contributed by atoms with Crippen molar-refractivity contribution in [3.05, 3.63) is 94.6 Å². The molecular formula is C31H31F5N2O5. The number of carboxylic acids is 1. The molecule has 3 rings (SSSR count). The number of nitrogen functional groups attached to an aromatic ring is 2. The molecule has 7 nitrogen and oxygen atoms in total. The first-order valence-electron chi connectivity index (χ1n) is 13.3. The number of esters is 1. The van der Waals surface area contributed by atoms with Crippen LogP contribution >= 0.6 is 0 Å². The van der Waals surface area contributed by atoms with Crippen molar-refractivity contribution in [1.82, 2.24) is 0 Å². The number of aromatic carboxylic acids is 1. The Morgan fingerprint density at radius 1 is 0.953 bits per heavy atom. The minimum absolute atomic E-state index is 0.0538. The standard InChI is InChI=1S/C31H31F5N2O5/c1-2-23(18-25-26(37)16-21(29(40)41)17-27(25)38)42-28(39)14-9-20-7-12-24(13-8-20)43-31(35,36)22-10-5-19(6-11-22)4-3-15-30(32,33)34/h5-14,16-17,23H,2-4,15,18,37-38H2,1H3,(H,40,41). The Bertz CT molecular complexity index is 1420. The molecule has 0 aliphatic carbocycles. The van der Waals surface area contributed by atoms with Gasteiger partial charge in [0.1, 0.15) is 11.9 Å². The SMILES string of the molecule is CCC(Cc1c(N)cc(C(=O)O)cc1N)OC(=O)C=Cc1ccc(OC(F)(F)c2ccc(CCCC(F)(F)F)cc2)cc1. The number of carboxylic acid groups (broad SMARTS) is 1. The van der Waals surface area contributed by atoms with Gasteiger partial charge in [0, 0.05) is 35.9 Å². The maximum absolute atomic E-state index is 14.7. The van der Waals surface area contributed by atoms with Gasteiger partial charge in [-0.1, -0.05) is 31.2 Å². The number of nitrogens with two attached hydrogens (primary N) is 2. The average Bonchev–Trinajstić information content (AvgIpc) is 2.93. The van der Waals surface area contributed by atoms with Gasteiger partial charge in [0.2, 0.25) is 0 Å². The Balaban J connectivity index is 1.55. The molecule has 0 bridgehead atoms. The van der Waals surface area contributed by atoms with Crippen LogP contribution in [0.1, 0.15) is 58.8 Å². The molecule has 12 heteroatoms. The Morgan fingerprint density at radius 3 is 2.09 bits per heavy atom. The Labute approximate surface area is 244 Å². The van der Waals surface area contributed by atoms with Gasteiger partial charge < -0.3 is 26.0 Å². The first-order valence-corrected chi connectivity index (χ1v) is 13.3. The molecule has 0 saturated carbocycles. The molecule has 1 atom stereocenters. The molecule has 0 heterocycles. The highest BCUT2D eigenvalue weighted by molar-refractivity contribution is 5.91. The summed E-state index contributed by atoms with van der Waals surface area (Å²) < 4.78 is 76.6. The van der Waals surface area contributed by atoms with Crippen LogP contribution in [0.5, 0.6) is 5.75 Å². The summed E-state index contributed by atoms with van der Waals surface area (Å²) in [5.74, 6) is -1.98. The second-order valence-electron chi connectivity index (χ2n) is 9.80. The fraction of sp³-hybridized carbons (Fsp3) is 0.290. The predicted molar refractivity (Wildman–Crippen MR) is 152 cm³/mol. The molecule has 0 aliphatic heterocycles. The number of benzene rings is 3. The zero-order chi connectivity index (χ0) is 31.8. The smallest absolute Gasteiger partial charge is 0.426 e. The van der Waals surface area contributed by atoms with Crippen molar-refractivity contribution in [3.63, 3.8) is 0 Å². The van der Waals surface area contributed by atoms with Crippen molar-refractivity contribution in [1.29, 1.82) is 0 Å². The summed E-state index contributed by atoms with van der Waals surface area (Å²) in [5, 5.41) is 9.13. The summed E-state index contributed by atoms with van der Waals surface area (Å²) in [5.41, 5.74) is 13.2. The van der Waals surface area contributed by atoms with Crippen LogP contribution in [-0.2, 0) is 28.5 Å². The van der Waals surface area contributed by atoms with E-state index >= 15 is 0 Å². The van der Waals surface area contributed by atoms with E-state index in [1.165, 1.54) is 60.7 Å². The average molecular weight is 607 g/mol. The molecule has 0 aliphatic rings. The number of anilines is 2. The van der Waals surface area contributed by atoms with E-state index in [0.29, 0.717) is 23.1 Å². The van der Waals surface area contributed by atoms with Crippen LogP contribution in [0.15, 0.2) is 66.7 Å². The van der Waals surface area contributed by atoms with Crippen LogP contribution in [0.2, 0.25) is 0 Å². The fourth-order valence-electron chi connectivity index (χ4n) is 4.15. The third-order valence-electron chi connectivity index (χ3n) is 6.49. The number of hydrogen-bond donors (Lipinski definition) is 3. The number of alkyl halides is 5. The zero-order valence-electron chi connectivity index (χ0n) is 23.2. The normalized spacial score (nSPS) is 12.7. The molecule has 3 aromatic carbocycles. The van der Waals surface area contributed by atoms with Crippen LogP contribution in [-0.4, -0.2) is 29.3 Å². The molecule has 230 valence electrons. The topological polar surface area (TPSA) is 125 Å². The van der Waals surface area contributed by atoms with Gasteiger partial charge in [-0.3, -0.25) is 0 Å². The number of ether oxygens (including phenoxy) is 2. The van der Waals surface area contributed by atoms with Gasteiger partial charge in [-0.15, -0.1) is 0 Å². The number of carbonyl (C=O) groups excluding carboxylic acids is 1. The molecule has 0 radical (unpaired) electrons. The minimum atomic E-state index is -4.26. The van der Waals surface area contributed by atoms with Gasteiger partial charge in [0.15, 0.2) is 0 Å². The maximum Gasteiger partial charge on any atom is 0.426 e. The Kier molecular flexibility index (Phi) is 10.7. The lowest BCUT2D eigenvalue weighted by Crippen LogP contribution is -2.21. The largest absolute Gasteiger partial charge is 0.478 e. The van der Waals surface area contributed by atoms with Crippen molar-refractivity contribution in [2.24, 2.45) is 0 Å². The van der Waals surface area contributed by atoms with Crippen LogP contribution in [0.25, 0.3) is 6.08 Å². The van der Waals surface area contributed by atoms with Crippen LogP contribution in [0, 0.1) is 0 Å². The van der Waals surface area contributed by atoms with E-state index in [-0.39, 0.29) is 42.0 Å². The Hall–Kier alpha value is -4.61. The van der Waals surface area contributed by atoms with Gasteiger partial charge in [0.05, 0.1) is 11.1 Å². The molecule has 3 aromatic rings. The summed E-state index contributed by atoms with van der Waals surface area (Å²) in [6.07, 6.45) is -6.32. The highest BCUT2D eigenvalue weighted by Crippen LogP contribution is 2.32. The highest BCUT2D eigenvalue weighted by Gasteiger charge is 2.34. The molecule has 0 saturated heterocycles. The van der Waals surface area contributed by atoms with Crippen molar-refractivity contribution >= 4 is 29.4 Å². The monoisotopic (exact) mass is 606 g/mol. The van der Waals surface area contributed by atoms with E-state index in [9.17, 15) is 31.5 Å². The third-order valence-corrected chi connectivity index (χ3v) is 6.49. The summed E-state index contributed by atoms with van der Waals surface area (Å²) in [4.78, 5) is 23.6. The second-order valence-corrected chi connectivity index (χ2v) is 9.80. The van der Waals surface area contributed by atoms with Crippen LogP contribution in [0.3, 0.4) is 0 Å². The van der Waals surface area contributed by atoms with E-state index in [1.807, 2.05) is 0 Å². The van der Waals surface area contributed by atoms with Gasteiger partial charge in [0.25, 0.3) is 0 Å². The lowest BCUT2D eigenvalue weighted by Gasteiger charge is -2.19. The number of carbonyl (C=O) groups is 2. The quantitative estimate of drug-likeness (QED) is 0.0818. The molecule has 1 unspecified atom stereocenters. The summed E-state index contributed by atoms with van der Waals surface area (Å²) in [6, 6.07) is 13.0. The number of hydrogen-bond acceptors (Lipinski definition) is 6. The lowest BCUT2D eigenvalue weighted by atomic mass is 10.00. The van der Waals surface area contributed by atoms with Gasteiger partial charge in [-0.05, 0) is 72.9 Å². The summed E-state index contributed by atoms with van der Waals surface area (Å²) in [7, 11) is 0. The number of aryl methyl sites for hydroxylation is 1. The zero-order valence-corrected chi connectivity index (χ0v) is 23.2. The molecule has 0 amide bonds. The third kappa shape index (κ3) is 10.0. The fourth-order valence-corrected chi connectivity index (χ4v) is 4.15. The van der Waals surface area contributed by atoms with E-state index < -0.39 is 42.3 Å². The molecule has 43 heavy (non-hydrogen) atoms. The Morgan fingerprint density at radius 2 is 1.56 bits per heavy atom. The van der Waals surface area contributed by atoms with Gasteiger partial charge in [-0.25, -0.2) is 9.59 Å². The predicted octanol–water partition coefficient (Wildman–Crippen LogP) is 7.14. The molecule has 5 N–H and O–H groups in total. The lowest BCUT2D eigenvalue weighted by molar-refractivity contribution is -0.185. The van der Waals surface area contributed by atoms with E-state index in [0.717, 1.165) is 12.1 Å². The summed E-state index contributed by atoms with van der Waals surface area (Å²) in [6.45, 7) is 1.79. The molecule has 0 spiro atoms. The van der Waals surface area contributed by atoms with E-state index in [2.05, 4.69) is 0 Å². The van der Waals surface area contributed by atoms with Crippen LogP contribution in [0.4, 0.5) is 33.3 Å². The van der Waals surface area contributed by atoms with Crippen LogP contribution < -0.4 is 16.2 Å². The van der Waals surface area contributed by atoms with Crippen molar-refractivity contribution in [2.75, 3.05) is 11.5 Å². The molecule has 0 fully saturated rings. The first kappa shape index (κ1) is 32.9. The van der Waals surface area contributed by atoms with Gasteiger partial charge in [-0.2, -0.15) is 22.0 Å². The highest BCUT2D eigenvalue weighted by atomic mass is 19.4. The number of halogens is 5. The first-order chi connectivity index (χ1) is 20.2. The molecule has 0 aromatic heterocycles. The van der Waals surface area contributed by atoms with Crippen molar-refractivity contribution in [2.45, 2.75) is 57.4 Å². The minimum Gasteiger partial charge on any atom is -0.478 e. The molecular weight excluding hydrogens is 575 g/mol. The maximum atomic E-state index is 14.7. The van der Waals surface area contributed by atoms with Gasteiger partial charge >= 0.3 is 24.2 Å². The van der Waals surface area contributed by atoms with E-state index in [1.54, 1.807) is 6.92 Å². The second kappa shape index (κ2) is 14.0. The van der Waals surface area contributed by atoms with E-state index in [4.69, 9.17) is 26.0 Å².